The van der Waals surface area contributed by atoms with Crippen LogP contribution in [0.2, 0.25) is 0 Å². The van der Waals surface area contributed by atoms with Crippen LogP contribution in [0.5, 0.6) is 0 Å². The van der Waals surface area contributed by atoms with Crippen LogP contribution in [0.25, 0.3) is 0 Å². The fourth-order valence-corrected chi connectivity index (χ4v) is 0.924. The molecule has 1 rings (SSSR count). The molecule has 0 aliphatic heterocycles. The van der Waals surface area contributed by atoms with Crippen LogP contribution >= 0.6 is 40.2 Å². The molecule has 1 aromatic heterocycles. The van der Waals surface area contributed by atoms with E-state index in [9.17, 15) is 0 Å². The van der Waals surface area contributed by atoms with Gasteiger partial charge in [0.15, 0.2) is 12.4 Å². The maximum absolute atomic E-state index is 4.99. The first-order valence-corrected chi connectivity index (χ1v) is 11.7. The van der Waals surface area contributed by atoms with Crippen molar-refractivity contribution in [1.82, 2.24) is 0 Å². The van der Waals surface area contributed by atoms with Crippen LogP contribution in [-0.2, 0) is 6.54 Å². The summed E-state index contributed by atoms with van der Waals surface area (Å²) in [7, 11) is 17.0. The summed E-state index contributed by atoms with van der Waals surface area (Å²) in [6.45, 7) is 3.36. The van der Waals surface area contributed by atoms with Crippen LogP contribution in [-0.4, -0.2) is 9.39 Å². The Morgan fingerprint density at radius 3 is 1.87 bits per heavy atom. The minimum absolute atomic E-state index is 1.15. The molecule has 6 heteroatoms. The van der Waals surface area contributed by atoms with Crippen molar-refractivity contribution in [3.05, 3.63) is 30.6 Å². The summed E-state index contributed by atoms with van der Waals surface area (Å²) in [6, 6.07) is 6.17. The van der Waals surface area contributed by atoms with Gasteiger partial charge in [0.05, 0.1) is 0 Å². The number of aryl methyl sites for hydroxylation is 1. The Labute approximate surface area is 110 Å². The van der Waals surface area contributed by atoms with Crippen LogP contribution < -0.4 is 4.57 Å². The maximum atomic E-state index is 4.99. The van der Waals surface area contributed by atoms with Gasteiger partial charge in [-0.05, 0) is 0 Å². The first kappa shape index (κ1) is 15.8. The van der Waals surface area contributed by atoms with Gasteiger partial charge >= 0.3 is 9.39 Å². The van der Waals surface area contributed by atoms with Crippen molar-refractivity contribution >= 4 is 49.6 Å². The average Bonchev–Trinajstić information content (AvgIpc) is 2.14. The Kier molecular flexibility index (Phi) is 9.44. The Morgan fingerprint density at radius 1 is 1.00 bits per heavy atom. The smallest absolute Gasteiger partial charge is 0.391 e. The Bertz CT molecular complexity index is 244. The molecule has 15 heavy (non-hydrogen) atoms. The van der Waals surface area contributed by atoms with Crippen molar-refractivity contribution in [3.63, 3.8) is 0 Å². The zero-order chi connectivity index (χ0) is 11.7. The molecule has 0 bridgehead atoms. The molecule has 1 heterocycles. The highest BCUT2D eigenvalue weighted by atomic mass is 35.9. The topological polar surface area (TPSA) is 3.88 Å². The summed E-state index contributed by atoms with van der Waals surface area (Å²) in [5, 5.41) is 0. The van der Waals surface area contributed by atoms with E-state index in [1.807, 2.05) is 6.07 Å². The van der Waals surface area contributed by atoms with Crippen molar-refractivity contribution < 1.29 is 4.57 Å². The zero-order valence-electron chi connectivity index (χ0n) is 8.54. The second kappa shape index (κ2) is 8.93. The summed E-state index contributed by atoms with van der Waals surface area (Å²) in [5.74, 6) is 0. The van der Waals surface area contributed by atoms with Gasteiger partial charge in [-0.2, -0.15) is 0 Å². The third kappa shape index (κ3) is 14.8. The molecule has 1 nitrogen and oxygen atoms in total. The van der Waals surface area contributed by atoms with Crippen molar-refractivity contribution in [2.75, 3.05) is 0 Å². The van der Waals surface area contributed by atoms with Crippen LogP contribution in [0.1, 0.15) is 19.8 Å². The highest BCUT2D eigenvalue weighted by Gasteiger charge is 2.14. The van der Waals surface area contributed by atoms with E-state index in [0.717, 1.165) is 6.54 Å². The summed E-state index contributed by atoms with van der Waals surface area (Å²) in [5.41, 5.74) is 0. The number of hydrogen-bond donors (Lipinski definition) is 0. The third-order valence-electron chi connectivity index (χ3n) is 1.55. The quantitative estimate of drug-likeness (QED) is 0.583. The molecule has 0 aliphatic carbocycles. The van der Waals surface area contributed by atoms with E-state index in [-0.39, 0.29) is 0 Å². The molecule has 0 radical (unpaired) electrons. The van der Waals surface area contributed by atoms with Crippen LogP contribution in [0, 0.1) is 0 Å². The second-order valence-electron chi connectivity index (χ2n) is 2.96. The first-order chi connectivity index (χ1) is 6.93. The van der Waals surface area contributed by atoms with Crippen molar-refractivity contribution in [2.24, 2.45) is 0 Å². The number of aromatic nitrogens is 1. The van der Waals surface area contributed by atoms with Crippen LogP contribution in [0.15, 0.2) is 30.6 Å². The van der Waals surface area contributed by atoms with Gasteiger partial charge in [-0.3, -0.25) is 0 Å². The average molecular weight is 305 g/mol. The lowest BCUT2D eigenvalue weighted by atomic mass is 10.3. The number of pyridine rings is 1. The third-order valence-corrected chi connectivity index (χ3v) is 1.55. The van der Waals surface area contributed by atoms with E-state index >= 15 is 0 Å². The summed E-state index contributed by atoms with van der Waals surface area (Å²) in [6.07, 6.45) is 6.75. The van der Waals surface area contributed by atoms with E-state index < -0.39 is 9.39 Å². The molecule has 0 unspecified atom stereocenters. The van der Waals surface area contributed by atoms with E-state index in [1.54, 1.807) is 0 Å². The molecule has 0 saturated carbocycles. The van der Waals surface area contributed by atoms with Crippen LogP contribution in [0.4, 0.5) is 0 Å². The molecule has 86 valence electrons. The maximum Gasteiger partial charge on any atom is 0.564 e. The van der Waals surface area contributed by atoms with Gasteiger partial charge in [-0.1, -0.05) is 19.4 Å². The van der Waals surface area contributed by atoms with E-state index in [0.29, 0.717) is 0 Å². The van der Waals surface area contributed by atoms with Gasteiger partial charge in [0.25, 0.3) is 0 Å². The monoisotopic (exact) mass is 303 g/mol. The number of rotatable bonds is 3. The van der Waals surface area contributed by atoms with Gasteiger partial charge in [-0.15, -0.1) is 0 Å². The Morgan fingerprint density at radius 2 is 1.47 bits per heavy atom. The van der Waals surface area contributed by atoms with E-state index in [2.05, 4.69) is 36.0 Å². The predicted molar refractivity (Wildman–Crippen MR) is 70.7 cm³/mol. The lowest BCUT2D eigenvalue weighted by molar-refractivity contribution is -0.697. The predicted octanol–water partition coefficient (Wildman–Crippen LogP) is 4.15. The second-order valence-corrected chi connectivity index (χ2v) is 15.8. The normalized spacial score (nSPS) is 10.5. The number of halogens is 4. The van der Waals surface area contributed by atoms with Crippen LogP contribution in [0.3, 0.4) is 0 Å². The molecule has 1 aromatic rings. The molecule has 0 spiro atoms. The van der Waals surface area contributed by atoms with Gasteiger partial charge < -0.3 is 40.2 Å². The molecule has 0 N–H and O–H groups in total. The van der Waals surface area contributed by atoms with Crippen molar-refractivity contribution in [2.45, 2.75) is 26.3 Å². The molecule has 0 saturated heterocycles. The highest BCUT2D eigenvalue weighted by molar-refractivity contribution is 7.81. The first-order valence-electron chi connectivity index (χ1n) is 4.75. The molecular formula is C9H14AlCl4N. The lowest BCUT2D eigenvalue weighted by Gasteiger charge is -1.97. The summed E-state index contributed by atoms with van der Waals surface area (Å²) in [4.78, 5) is 0. The molecule has 0 aliphatic rings. The molecule has 0 amide bonds. The number of unbranched alkanes of at least 4 members (excludes halogenated alkanes) is 1. The fourth-order valence-electron chi connectivity index (χ4n) is 0.924. The van der Waals surface area contributed by atoms with Crippen molar-refractivity contribution in [3.8, 4) is 0 Å². The van der Waals surface area contributed by atoms with Gasteiger partial charge in [0.2, 0.25) is 0 Å². The van der Waals surface area contributed by atoms with E-state index in [4.69, 9.17) is 40.2 Å². The minimum atomic E-state index is -2.94. The molecular weight excluding hydrogens is 291 g/mol. The largest absolute Gasteiger partial charge is 0.564 e. The summed E-state index contributed by atoms with van der Waals surface area (Å²) < 4.78 is 2.21. The molecule has 0 atom stereocenters. The lowest BCUT2D eigenvalue weighted by Crippen LogP contribution is -2.31. The summed E-state index contributed by atoms with van der Waals surface area (Å²) >= 11 is 0. The minimum Gasteiger partial charge on any atom is -0.391 e. The standard InChI is InChI=1S/C9H14N.Al.4ClH/c1-2-3-7-10-8-5-4-6-9-10;;;;;/h4-6,8-9H,2-3,7H2,1H3;;4*1H/q+1;+3;;;;/p-4. The Hall–Kier alpha value is 0.842. The van der Waals surface area contributed by atoms with Gasteiger partial charge in [0.1, 0.15) is 6.54 Å². The zero-order valence-corrected chi connectivity index (χ0v) is 12.7. The molecule has 0 fully saturated rings. The van der Waals surface area contributed by atoms with Gasteiger partial charge in [0, 0.05) is 18.6 Å². The number of hydrogen-bond acceptors (Lipinski definition) is 0. The SMILES string of the molecule is CCCC[n+]1ccccc1.[Cl][Al-]([Cl])([Cl])[Cl]. The van der Waals surface area contributed by atoms with Gasteiger partial charge in [-0.25, -0.2) is 4.57 Å². The van der Waals surface area contributed by atoms with E-state index in [1.165, 1.54) is 12.8 Å². The molecule has 0 aromatic carbocycles. The highest BCUT2D eigenvalue weighted by Crippen LogP contribution is 2.23. The number of nitrogens with zero attached hydrogens (tertiary/aromatic N) is 1. The fraction of sp³-hybridized carbons (Fsp3) is 0.444. The Balaban J connectivity index is 0.000000336. The van der Waals surface area contributed by atoms with Crippen molar-refractivity contribution in [1.29, 1.82) is 0 Å².